The lowest BCUT2D eigenvalue weighted by Crippen LogP contribution is -2.36. The van der Waals surface area contributed by atoms with Crippen molar-refractivity contribution in [1.29, 1.82) is 0 Å². The highest BCUT2D eigenvalue weighted by molar-refractivity contribution is 5.80. The van der Waals surface area contributed by atoms with Gasteiger partial charge in [0.05, 0.1) is 0 Å². The van der Waals surface area contributed by atoms with E-state index in [1.165, 1.54) is 11.1 Å². The van der Waals surface area contributed by atoms with E-state index in [9.17, 15) is 4.79 Å². The number of ether oxygens (including phenoxy) is 1. The van der Waals surface area contributed by atoms with Gasteiger partial charge in [-0.3, -0.25) is 4.79 Å². The minimum absolute atomic E-state index is 0.134. The maximum atomic E-state index is 11.7. The summed E-state index contributed by atoms with van der Waals surface area (Å²) in [4.78, 5) is 11.7. The fourth-order valence-electron chi connectivity index (χ4n) is 1.94. The van der Waals surface area contributed by atoms with E-state index in [0.717, 1.165) is 5.75 Å². The van der Waals surface area contributed by atoms with Crippen molar-refractivity contribution in [3.05, 3.63) is 42.0 Å². The summed E-state index contributed by atoms with van der Waals surface area (Å²) >= 11 is 0. The maximum Gasteiger partial charge on any atom is 0.261 e. The van der Waals surface area contributed by atoms with Crippen LogP contribution in [0.4, 0.5) is 0 Å². The summed E-state index contributed by atoms with van der Waals surface area (Å²) in [5.74, 6) is 1.08. The van der Waals surface area contributed by atoms with Gasteiger partial charge in [0.1, 0.15) is 5.75 Å². The van der Waals surface area contributed by atoms with E-state index >= 15 is 0 Å². The van der Waals surface area contributed by atoms with E-state index in [1.807, 2.05) is 12.1 Å². The van der Waals surface area contributed by atoms with Crippen LogP contribution in [0, 0.1) is 6.92 Å². The Bertz CT molecular complexity index is 452. The molecule has 3 nitrogen and oxygen atoms in total. The molecule has 0 aliphatic rings. The summed E-state index contributed by atoms with van der Waals surface area (Å²) in [6.45, 7) is 12.1. The van der Waals surface area contributed by atoms with E-state index in [0.29, 0.717) is 12.5 Å². The Morgan fingerprint density at radius 3 is 2.63 bits per heavy atom. The molecule has 19 heavy (non-hydrogen) atoms. The van der Waals surface area contributed by atoms with Gasteiger partial charge in [0, 0.05) is 6.54 Å². The van der Waals surface area contributed by atoms with Crippen molar-refractivity contribution in [2.45, 2.75) is 39.7 Å². The molecule has 1 rings (SSSR count). The van der Waals surface area contributed by atoms with Gasteiger partial charge in [0.25, 0.3) is 5.91 Å². The molecule has 0 bridgehead atoms. The standard InChI is InChI=1S/C16H23NO2/c1-6-9-17-16(18)13(5)19-14-7-8-15(11(2)3)12(4)10-14/h6-8,10-11,13H,1,9H2,2-5H3,(H,17,18). The van der Waals surface area contributed by atoms with E-state index in [2.05, 4.69) is 38.7 Å². The van der Waals surface area contributed by atoms with Crippen LogP contribution in [0.3, 0.4) is 0 Å². The second kappa shape index (κ2) is 6.98. The zero-order valence-corrected chi connectivity index (χ0v) is 12.2. The summed E-state index contributed by atoms with van der Waals surface area (Å²) in [5.41, 5.74) is 2.49. The van der Waals surface area contributed by atoms with Gasteiger partial charge >= 0.3 is 0 Å². The fraction of sp³-hybridized carbons (Fsp3) is 0.438. The van der Waals surface area contributed by atoms with Gasteiger partial charge < -0.3 is 10.1 Å². The van der Waals surface area contributed by atoms with E-state index in [1.54, 1.807) is 13.0 Å². The van der Waals surface area contributed by atoms with Crippen LogP contribution in [0.15, 0.2) is 30.9 Å². The number of carbonyl (C=O) groups is 1. The summed E-state index contributed by atoms with van der Waals surface area (Å²) in [6, 6.07) is 5.95. The highest BCUT2D eigenvalue weighted by atomic mass is 16.5. The highest BCUT2D eigenvalue weighted by Crippen LogP contribution is 2.24. The molecule has 0 radical (unpaired) electrons. The summed E-state index contributed by atoms with van der Waals surface area (Å²) in [6.07, 6.45) is 1.14. The number of hydrogen-bond donors (Lipinski definition) is 1. The van der Waals surface area contributed by atoms with Gasteiger partial charge in [-0.25, -0.2) is 0 Å². The van der Waals surface area contributed by atoms with Crippen LogP contribution in [-0.2, 0) is 4.79 Å². The first-order chi connectivity index (χ1) is 8.95. The molecule has 0 aliphatic carbocycles. The van der Waals surface area contributed by atoms with Crippen molar-refractivity contribution < 1.29 is 9.53 Å². The molecule has 0 saturated carbocycles. The van der Waals surface area contributed by atoms with E-state index in [4.69, 9.17) is 4.74 Å². The van der Waals surface area contributed by atoms with Gasteiger partial charge in [0.15, 0.2) is 6.10 Å². The number of hydrogen-bond acceptors (Lipinski definition) is 2. The number of aryl methyl sites for hydroxylation is 1. The van der Waals surface area contributed by atoms with Gasteiger partial charge in [-0.05, 0) is 43.0 Å². The van der Waals surface area contributed by atoms with Crippen LogP contribution >= 0.6 is 0 Å². The van der Waals surface area contributed by atoms with Crippen LogP contribution in [-0.4, -0.2) is 18.6 Å². The fourth-order valence-corrected chi connectivity index (χ4v) is 1.94. The van der Waals surface area contributed by atoms with Gasteiger partial charge in [0.2, 0.25) is 0 Å². The third-order valence-corrected chi connectivity index (χ3v) is 2.97. The van der Waals surface area contributed by atoms with E-state index in [-0.39, 0.29) is 5.91 Å². The largest absolute Gasteiger partial charge is 0.481 e. The first-order valence-electron chi connectivity index (χ1n) is 6.61. The molecule has 1 N–H and O–H groups in total. The monoisotopic (exact) mass is 261 g/mol. The third kappa shape index (κ3) is 4.43. The number of nitrogens with one attached hydrogen (secondary N) is 1. The number of rotatable bonds is 6. The molecule has 1 unspecified atom stereocenters. The molecule has 0 spiro atoms. The predicted molar refractivity (Wildman–Crippen MR) is 78.6 cm³/mol. The lowest BCUT2D eigenvalue weighted by atomic mass is 9.98. The topological polar surface area (TPSA) is 38.3 Å². The Hall–Kier alpha value is -1.77. The maximum absolute atomic E-state index is 11.7. The molecule has 3 heteroatoms. The zero-order valence-electron chi connectivity index (χ0n) is 12.2. The van der Waals surface area contributed by atoms with Crippen LogP contribution in [0.25, 0.3) is 0 Å². The van der Waals surface area contributed by atoms with Crippen molar-refractivity contribution >= 4 is 5.91 Å². The summed E-state index contributed by atoms with van der Waals surface area (Å²) in [5, 5.41) is 2.71. The van der Waals surface area contributed by atoms with Gasteiger partial charge in [-0.15, -0.1) is 6.58 Å². The SMILES string of the molecule is C=CCNC(=O)C(C)Oc1ccc(C(C)C)c(C)c1. The molecule has 1 atom stereocenters. The zero-order chi connectivity index (χ0) is 14.4. The summed E-state index contributed by atoms with van der Waals surface area (Å²) < 4.78 is 5.64. The number of benzene rings is 1. The van der Waals surface area contributed by atoms with Crippen molar-refractivity contribution in [3.8, 4) is 5.75 Å². The van der Waals surface area contributed by atoms with Crippen LogP contribution in [0.5, 0.6) is 5.75 Å². The highest BCUT2D eigenvalue weighted by Gasteiger charge is 2.14. The van der Waals surface area contributed by atoms with Crippen molar-refractivity contribution in [1.82, 2.24) is 5.32 Å². The number of amides is 1. The molecule has 0 fully saturated rings. The molecular formula is C16H23NO2. The quantitative estimate of drug-likeness (QED) is 0.799. The van der Waals surface area contributed by atoms with E-state index < -0.39 is 6.10 Å². The molecule has 1 amide bonds. The first kappa shape index (κ1) is 15.3. The molecule has 1 aromatic carbocycles. The third-order valence-electron chi connectivity index (χ3n) is 2.97. The average Bonchev–Trinajstić information content (AvgIpc) is 2.35. The molecule has 0 saturated heterocycles. The van der Waals surface area contributed by atoms with Gasteiger partial charge in [-0.2, -0.15) is 0 Å². The average molecular weight is 261 g/mol. The smallest absolute Gasteiger partial charge is 0.261 e. The van der Waals surface area contributed by atoms with Crippen LogP contribution in [0.1, 0.15) is 37.8 Å². The first-order valence-corrected chi connectivity index (χ1v) is 6.61. The Kier molecular flexibility index (Phi) is 5.61. The molecule has 1 aromatic rings. The Morgan fingerprint density at radius 1 is 1.42 bits per heavy atom. The minimum atomic E-state index is -0.510. The van der Waals surface area contributed by atoms with Crippen molar-refractivity contribution in [3.63, 3.8) is 0 Å². The van der Waals surface area contributed by atoms with Crippen LogP contribution in [0.2, 0.25) is 0 Å². The Labute approximate surface area is 115 Å². The molecule has 0 aromatic heterocycles. The molecule has 0 heterocycles. The van der Waals surface area contributed by atoms with Crippen molar-refractivity contribution in [2.24, 2.45) is 0 Å². The summed E-state index contributed by atoms with van der Waals surface area (Å²) in [7, 11) is 0. The Balaban J connectivity index is 2.69. The lowest BCUT2D eigenvalue weighted by Gasteiger charge is -2.16. The van der Waals surface area contributed by atoms with Crippen molar-refractivity contribution in [2.75, 3.05) is 6.54 Å². The second-order valence-electron chi connectivity index (χ2n) is 4.97. The predicted octanol–water partition coefficient (Wildman–Crippen LogP) is 3.19. The van der Waals surface area contributed by atoms with Crippen LogP contribution < -0.4 is 10.1 Å². The lowest BCUT2D eigenvalue weighted by molar-refractivity contribution is -0.127. The number of carbonyl (C=O) groups excluding carboxylic acids is 1. The van der Waals surface area contributed by atoms with Gasteiger partial charge in [-0.1, -0.05) is 26.0 Å². The molecule has 0 aliphatic heterocycles. The Morgan fingerprint density at radius 2 is 2.11 bits per heavy atom. The molecule has 104 valence electrons. The normalized spacial score (nSPS) is 12.1. The minimum Gasteiger partial charge on any atom is -0.481 e. The molecular weight excluding hydrogens is 238 g/mol. The second-order valence-corrected chi connectivity index (χ2v) is 4.97.